The molecule has 2 heterocycles. The van der Waals surface area contributed by atoms with E-state index in [0.717, 1.165) is 64.8 Å². The van der Waals surface area contributed by atoms with Gasteiger partial charge in [0.25, 0.3) is 0 Å². The molecule has 23 heavy (non-hydrogen) atoms. The van der Waals surface area contributed by atoms with E-state index in [9.17, 15) is 4.79 Å². The molecule has 1 aromatic carbocycles. The van der Waals surface area contributed by atoms with E-state index in [0.29, 0.717) is 0 Å². The highest BCUT2D eigenvalue weighted by atomic mass is 16.2. The summed E-state index contributed by atoms with van der Waals surface area (Å²) in [6.45, 7) is 7.13. The zero-order valence-corrected chi connectivity index (χ0v) is 14.3. The standard InChI is InChI=1S/C19H29N3O/c1-2-3-13-22-18(23)20-12-9-19(22)10-14-21(15-11-19)16-17-7-5-4-6-8-17/h4-8H,2-3,9-16H2,1H3,(H,20,23). The highest BCUT2D eigenvalue weighted by molar-refractivity contribution is 5.76. The van der Waals surface area contributed by atoms with Crippen LogP contribution < -0.4 is 5.32 Å². The average molecular weight is 315 g/mol. The van der Waals surface area contributed by atoms with Gasteiger partial charge in [0.15, 0.2) is 0 Å². The Bertz CT molecular complexity index is 509. The van der Waals surface area contributed by atoms with Crippen LogP contribution in [0.2, 0.25) is 0 Å². The molecule has 2 saturated heterocycles. The lowest BCUT2D eigenvalue weighted by Crippen LogP contribution is -2.64. The first-order chi connectivity index (χ1) is 11.2. The minimum absolute atomic E-state index is 0.102. The first-order valence-corrected chi connectivity index (χ1v) is 9.05. The van der Waals surface area contributed by atoms with Crippen LogP contribution in [0.1, 0.15) is 44.6 Å². The van der Waals surface area contributed by atoms with Gasteiger partial charge in [0.1, 0.15) is 0 Å². The third-order valence-corrected chi connectivity index (χ3v) is 5.46. The number of carbonyl (C=O) groups excluding carboxylic acids is 1. The van der Waals surface area contributed by atoms with Gasteiger partial charge in [-0.25, -0.2) is 4.79 Å². The Kier molecular flexibility index (Phi) is 5.21. The van der Waals surface area contributed by atoms with Crippen molar-refractivity contribution in [3.05, 3.63) is 35.9 Å². The number of amides is 2. The highest BCUT2D eigenvalue weighted by Gasteiger charge is 2.43. The number of piperidine rings is 1. The van der Waals surface area contributed by atoms with E-state index in [2.05, 4.69) is 52.4 Å². The van der Waals surface area contributed by atoms with Crippen LogP contribution in [-0.4, -0.2) is 47.5 Å². The lowest BCUT2D eigenvalue weighted by Gasteiger charge is -2.51. The van der Waals surface area contributed by atoms with Crippen LogP contribution in [0.15, 0.2) is 30.3 Å². The number of rotatable bonds is 5. The molecule has 0 bridgehead atoms. The summed E-state index contributed by atoms with van der Waals surface area (Å²) in [6, 6.07) is 10.8. The van der Waals surface area contributed by atoms with Gasteiger partial charge in [0, 0.05) is 38.3 Å². The molecule has 0 unspecified atom stereocenters. The molecule has 1 aromatic rings. The molecule has 0 atom stereocenters. The summed E-state index contributed by atoms with van der Waals surface area (Å²) in [5.41, 5.74) is 1.48. The van der Waals surface area contributed by atoms with Crippen LogP contribution in [0.4, 0.5) is 4.79 Å². The smallest absolute Gasteiger partial charge is 0.317 e. The molecule has 4 heteroatoms. The molecule has 0 aromatic heterocycles. The normalized spacial score (nSPS) is 21.4. The number of hydrogen-bond donors (Lipinski definition) is 1. The fraction of sp³-hybridized carbons (Fsp3) is 0.632. The van der Waals surface area contributed by atoms with Crippen molar-refractivity contribution in [3.8, 4) is 0 Å². The molecule has 1 spiro atoms. The molecule has 2 aliphatic heterocycles. The maximum Gasteiger partial charge on any atom is 0.317 e. The summed E-state index contributed by atoms with van der Waals surface area (Å²) in [5.74, 6) is 0. The van der Waals surface area contributed by atoms with E-state index in [4.69, 9.17) is 0 Å². The molecule has 2 aliphatic rings. The van der Waals surface area contributed by atoms with Crippen molar-refractivity contribution in [3.63, 3.8) is 0 Å². The minimum atomic E-state index is 0.102. The first kappa shape index (κ1) is 16.3. The Labute approximate surface area is 139 Å². The average Bonchev–Trinajstić information content (AvgIpc) is 2.58. The van der Waals surface area contributed by atoms with Crippen molar-refractivity contribution >= 4 is 6.03 Å². The van der Waals surface area contributed by atoms with Crippen molar-refractivity contribution in [2.75, 3.05) is 26.2 Å². The zero-order valence-electron chi connectivity index (χ0n) is 14.3. The van der Waals surface area contributed by atoms with E-state index in [-0.39, 0.29) is 11.6 Å². The SMILES string of the molecule is CCCCN1C(=O)NCCC12CCN(Cc1ccccc1)CC2. The van der Waals surface area contributed by atoms with Gasteiger partial charge in [-0.2, -0.15) is 0 Å². The number of urea groups is 1. The maximum absolute atomic E-state index is 12.3. The third-order valence-electron chi connectivity index (χ3n) is 5.46. The van der Waals surface area contributed by atoms with E-state index in [1.54, 1.807) is 0 Å². The lowest BCUT2D eigenvalue weighted by molar-refractivity contribution is 0.0234. The maximum atomic E-state index is 12.3. The second-order valence-electron chi connectivity index (χ2n) is 6.97. The summed E-state index contributed by atoms with van der Waals surface area (Å²) in [7, 11) is 0. The highest BCUT2D eigenvalue weighted by Crippen LogP contribution is 2.35. The fourth-order valence-corrected chi connectivity index (χ4v) is 3.99. The molecule has 0 aliphatic carbocycles. The predicted octanol–water partition coefficient (Wildman–Crippen LogP) is 3.24. The van der Waals surface area contributed by atoms with Crippen LogP contribution in [0.25, 0.3) is 0 Å². The monoisotopic (exact) mass is 315 g/mol. The lowest BCUT2D eigenvalue weighted by atomic mass is 9.81. The second-order valence-corrected chi connectivity index (χ2v) is 6.97. The number of benzene rings is 1. The quantitative estimate of drug-likeness (QED) is 0.905. The molecule has 126 valence electrons. The van der Waals surface area contributed by atoms with E-state index in [1.807, 2.05) is 0 Å². The van der Waals surface area contributed by atoms with Crippen molar-refractivity contribution in [1.29, 1.82) is 0 Å². The molecule has 0 radical (unpaired) electrons. The van der Waals surface area contributed by atoms with Crippen LogP contribution in [0.3, 0.4) is 0 Å². The van der Waals surface area contributed by atoms with Gasteiger partial charge in [0.2, 0.25) is 0 Å². The summed E-state index contributed by atoms with van der Waals surface area (Å²) in [6.07, 6.45) is 5.55. The number of likely N-dealkylation sites (tertiary alicyclic amines) is 1. The fourth-order valence-electron chi connectivity index (χ4n) is 3.99. The Morgan fingerprint density at radius 2 is 1.87 bits per heavy atom. The number of nitrogens with one attached hydrogen (secondary N) is 1. The van der Waals surface area contributed by atoms with Crippen molar-refractivity contribution in [2.45, 2.75) is 51.1 Å². The van der Waals surface area contributed by atoms with Gasteiger partial charge < -0.3 is 10.2 Å². The molecule has 0 saturated carbocycles. The van der Waals surface area contributed by atoms with Crippen molar-refractivity contribution in [2.24, 2.45) is 0 Å². The van der Waals surface area contributed by atoms with Crippen molar-refractivity contribution < 1.29 is 4.79 Å². The van der Waals surface area contributed by atoms with Gasteiger partial charge in [0.05, 0.1) is 0 Å². The Morgan fingerprint density at radius 3 is 2.57 bits per heavy atom. The van der Waals surface area contributed by atoms with Crippen LogP contribution in [-0.2, 0) is 6.54 Å². The molecule has 3 rings (SSSR count). The molecule has 2 amide bonds. The van der Waals surface area contributed by atoms with Gasteiger partial charge in [-0.1, -0.05) is 43.7 Å². The molecule has 4 nitrogen and oxygen atoms in total. The summed E-state index contributed by atoms with van der Waals surface area (Å²) < 4.78 is 0. The number of carbonyl (C=O) groups is 1. The van der Waals surface area contributed by atoms with Gasteiger partial charge >= 0.3 is 6.03 Å². The van der Waals surface area contributed by atoms with Gasteiger partial charge in [-0.05, 0) is 31.2 Å². The van der Waals surface area contributed by atoms with Gasteiger partial charge in [-0.15, -0.1) is 0 Å². The summed E-state index contributed by atoms with van der Waals surface area (Å²) >= 11 is 0. The Morgan fingerprint density at radius 1 is 1.13 bits per heavy atom. The number of hydrogen-bond acceptors (Lipinski definition) is 2. The first-order valence-electron chi connectivity index (χ1n) is 9.05. The van der Waals surface area contributed by atoms with E-state index in [1.165, 1.54) is 5.56 Å². The predicted molar refractivity (Wildman–Crippen MR) is 93.3 cm³/mol. The number of unbranched alkanes of at least 4 members (excludes halogenated alkanes) is 1. The van der Waals surface area contributed by atoms with E-state index >= 15 is 0 Å². The molecule has 1 N–H and O–H groups in total. The van der Waals surface area contributed by atoms with Crippen LogP contribution in [0, 0.1) is 0 Å². The zero-order chi connectivity index (χ0) is 16.1. The van der Waals surface area contributed by atoms with Crippen molar-refractivity contribution in [1.82, 2.24) is 15.1 Å². The minimum Gasteiger partial charge on any atom is -0.338 e. The topological polar surface area (TPSA) is 35.6 Å². The number of nitrogens with zero attached hydrogens (tertiary/aromatic N) is 2. The van der Waals surface area contributed by atoms with Crippen LogP contribution in [0.5, 0.6) is 0 Å². The van der Waals surface area contributed by atoms with Crippen LogP contribution >= 0.6 is 0 Å². The second kappa shape index (κ2) is 7.35. The van der Waals surface area contributed by atoms with Gasteiger partial charge in [-0.3, -0.25) is 4.90 Å². The largest absolute Gasteiger partial charge is 0.338 e. The Hall–Kier alpha value is -1.55. The molecular weight excluding hydrogens is 286 g/mol. The summed E-state index contributed by atoms with van der Waals surface area (Å²) in [4.78, 5) is 17.0. The molecular formula is C19H29N3O. The Balaban J connectivity index is 1.62. The third kappa shape index (κ3) is 3.69. The van der Waals surface area contributed by atoms with E-state index < -0.39 is 0 Å². The summed E-state index contributed by atoms with van der Waals surface area (Å²) in [5, 5.41) is 3.04. The molecule has 2 fully saturated rings.